The van der Waals surface area contributed by atoms with Crippen LogP contribution in [0.4, 0.5) is 0 Å². The molecule has 6 heteroatoms. The van der Waals surface area contributed by atoms with Gasteiger partial charge in [0, 0.05) is 5.92 Å². The van der Waals surface area contributed by atoms with E-state index in [1.54, 1.807) is 0 Å². The molecule has 1 heterocycles. The van der Waals surface area contributed by atoms with Crippen LogP contribution in [0.15, 0.2) is 0 Å². The molecule has 0 radical (unpaired) electrons. The molecule has 0 atom stereocenters. The van der Waals surface area contributed by atoms with E-state index in [2.05, 4.69) is 4.37 Å². The number of ether oxygens (including phenoxy) is 2. The summed E-state index contributed by atoms with van der Waals surface area (Å²) in [5.74, 6) is -0.785. The number of carbonyl (C=O) groups excluding carboxylic acids is 2. The molecule has 0 aliphatic heterocycles. The average Bonchev–Trinajstić information content (AvgIpc) is 2.91. The van der Waals surface area contributed by atoms with E-state index in [-0.39, 0.29) is 10.8 Å². The molecule has 0 saturated heterocycles. The second-order valence-corrected chi connectivity index (χ2v) is 5.36. The van der Waals surface area contributed by atoms with Gasteiger partial charge in [0.05, 0.1) is 19.9 Å². The first kappa shape index (κ1) is 14.0. The number of carbonyl (C=O) groups is 2. The molecular formula is C13H17NO4S. The fraction of sp³-hybridized carbons (Fsp3) is 0.615. The van der Waals surface area contributed by atoms with Crippen molar-refractivity contribution in [3.05, 3.63) is 16.1 Å². The Kier molecular flexibility index (Phi) is 4.52. The van der Waals surface area contributed by atoms with Crippen molar-refractivity contribution in [2.75, 3.05) is 14.2 Å². The lowest BCUT2D eigenvalue weighted by Crippen LogP contribution is -2.14. The van der Waals surface area contributed by atoms with Crippen LogP contribution in [0.1, 0.15) is 63.7 Å². The third kappa shape index (κ3) is 2.78. The molecule has 0 amide bonds. The normalized spacial score (nSPS) is 16.1. The summed E-state index contributed by atoms with van der Waals surface area (Å²) in [6.45, 7) is 0. The van der Waals surface area contributed by atoms with E-state index in [9.17, 15) is 9.59 Å². The van der Waals surface area contributed by atoms with Crippen LogP contribution in [0.3, 0.4) is 0 Å². The van der Waals surface area contributed by atoms with Crippen LogP contribution in [0.2, 0.25) is 0 Å². The number of hydrogen-bond acceptors (Lipinski definition) is 6. The molecule has 1 fully saturated rings. The maximum Gasteiger partial charge on any atom is 0.350 e. The van der Waals surface area contributed by atoms with Crippen LogP contribution >= 0.6 is 11.5 Å². The molecule has 1 aromatic rings. The maximum atomic E-state index is 11.9. The highest BCUT2D eigenvalue weighted by molar-refractivity contribution is 7.08. The lowest BCUT2D eigenvalue weighted by molar-refractivity contribution is 0.0558. The van der Waals surface area contributed by atoms with E-state index in [0.29, 0.717) is 11.3 Å². The predicted octanol–water partition coefficient (Wildman–Crippen LogP) is 2.76. The summed E-state index contributed by atoms with van der Waals surface area (Å²) >= 11 is 1.02. The fourth-order valence-electron chi connectivity index (χ4n) is 2.49. The minimum atomic E-state index is -0.528. The number of esters is 2. The zero-order valence-electron chi connectivity index (χ0n) is 11.1. The SMILES string of the molecule is COC(=O)c1snc(C2CCCCC2)c1C(=O)OC. The van der Waals surface area contributed by atoms with Gasteiger partial charge < -0.3 is 9.47 Å². The van der Waals surface area contributed by atoms with Crippen molar-refractivity contribution in [2.24, 2.45) is 0 Å². The Hall–Kier alpha value is -1.43. The van der Waals surface area contributed by atoms with Gasteiger partial charge in [0.2, 0.25) is 0 Å². The molecule has 1 aliphatic rings. The van der Waals surface area contributed by atoms with Crippen LogP contribution < -0.4 is 0 Å². The van der Waals surface area contributed by atoms with Gasteiger partial charge in [-0.2, -0.15) is 4.37 Å². The smallest absolute Gasteiger partial charge is 0.350 e. The summed E-state index contributed by atoms with van der Waals surface area (Å²) in [4.78, 5) is 23.9. The largest absolute Gasteiger partial charge is 0.465 e. The van der Waals surface area contributed by atoms with Gasteiger partial charge in [0.1, 0.15) is 10.4 Å². The highest BCUT2D eigenvalue weighted by Crippen LogP contribution is 2.36. The Morgan fingerprint density at radius 1 is 1.11 bits per heavy atom. The van der Waals surface area contributed by atoms with Crippen molar-refractivity contribution in [1.82, 2.24) is 4.37 Å². The molecule has 19 heavy (non-hydrogen) atoms. The topological polar surface area (TPSA) is 65.5 Å². The Morgan fingerprint density at radius 2 is 1.74 bits per heavy atom. The first-order chi connectivity index (χ1) is 9.19. The van der Waals surface area contributed by atoms with Crippen molar-refractivity contribution in [3.8, 4) is 0 Å². The van der Waals surface area contributed by atoms with Gasteiger partial charge in [-0.1, -0.05) is 19.3 Å². The van der Waals surface area contributed by atoms with Crippen molar-refractivity contribution in [3.63, 3.8) is 0 Å². The zero-order chi connectivity index (χ0) is 13.8. The van der Waals surface area contributed by atoms with Gasteiger partial charge in [-0.05, 0) is 24.4 Å². The molecule has 1 saturated carbocycles. The second kappa shape index (κ2) is 6.14. The summed E-state index contributed by atoms with van der Waals surface area (Å²) in [6.07, 6.45) is 5.51. The molecule has 2 rings (SSSR count). The quantitative estimate of drug-likeness (QED) is 0.798. The van der Waals surface area contributed by atoms with Gasteiger partial charge in [-0.3, -0.25) is 0 Å². The molecule has 104 valence electrons. The zero-order valence-corrected chi connectivity index (χ0v) is 11.9. The molecule has 1 aliphatic carbocycles. The van der Waals surface area contributed by atoms with Crippen LogP contribution in [-0.2, 0) is 9.47 Å². The minimum Gasteiger partial charge on any atom is -0.465 e. The van der Waals surface area contributed by atoms with E-state index in [4.69, 9.17) is 9.47 Å². The summed E-state index contributed by atoms with van der Waals surface area (Å²) in [5, 5.41) is 0. The molecule has 0 unspecified atom stereocenters. The molecule has 1 aromatic heterocycles. The highest BCUT2D eigenvalue weighted by Gasteiger charge is 2.31. The van der Waals surface area contributed by atoms with Crippen LogP contribution in [0.25, 0.3) is 0 Å². The molecule has 0 aromatic carbocycles. The average molecular weight is 283 g/mol. The Labute approximate surface area is 116 Å². The number of aromatic nitrogens is 1. The lowest BCUT2D eigenvalue weighted by atomic mass is 9.85. The number of rotatable bonds is 3. The maximum absolute atomic E-state index is 11.9. The van der Waals surface area contributed by atoms with Gasteiger partial charge in [-0.25, -0.2) is 9.59 Å². The third-order valence-corrected chi connectivity index (χ3v) is 4.31. The molecular weight excluding hydrogens is 266 g/mol. The third-order valence-electron chi connectivity index (χ3n) is 3.47. The Bertz CT molecular complexity index is 477. The first-order valence-corrected chi connectivity index (χ1v) is 7.12. The van der Waals surface area contributed by atoms with E-state index in [1.807, 2.05) is 0 Å². The van der Waals surface area contributed by atoms with E-state index < -0.39 is 11.9 Å². The Morgan fingerprint density at radius 3 is 2.32 bits per heavy atom. The van der Waals surface area contributed by atoms with Crippen molar-refractivity contribution < 1.29 is 19.1 Å². The number of hydrogen-bond donors (Lipinski definition) is 0. The molecule has 5 nitrogen and oxygen atoms in total. The van der Waals surface area contributed by atoms with Gasteiger partial charge >= 0.3 is 11.9 Å². The summed E-state index contributed by atoms with van der Waals surface area (Å²) in [7, 11) is 2.61. The Balaban J connectivity index is 2.39. The second-order valence-electron chi connectivity index (χ2n) is 4.59. The van der Waals surface area contributed by atoms with Gasteiger partial charge in [0.25, 0.3) is 0 Å². The molecule has 0 N–H and O–H groups in total. The summed E-state index contributed by atoms with van der Waals surface area (Å²) in [5.41, 5.74) is 1.00. The minimum absolute atomic E-state index is 0.245. The monoisotopic (exact) mass is 283 g/mol. The first-order valence-electron chi connectivity index (χ1n) is 6.35. The van der Waals surface area contributed by atoms with E-state index in [1.165, 1.54) is 20.6 Å². The standard InChI is InChI=1S/C13H17NO4S/c1-17-12(15)9-10(8-6-4-3-5-7-8)14-19-11(9)13(16)18-2/h8H,3-7H2,1-2H3. The molecule has 0 bridgehead atoms. The fourth-order valence-corrected chi connectivity index (χ4v) is 3.36. The highest BCUT2D eigenvalue weighted by atomic mass is 32.1. The summed E-state index contributed by atoms with van der Waals surface area (Å²) in [6, 6.07) is 0. The van der Waals surface area contributed by atoms with Crippen LogP contribution in [0.5, 0.6) is 0 Å². The van der Waals surface area contributed by atoms with Crippen molar-refractivity contribution in [2.45, 2.75) is 38.0 Å². The summed E-state index contributed by atoms with van der Waals surface area (Å²) < 4.78 is 13.8. The van der Waals surface area contributed by atoms with Crippen molar-refractivity contribution >= 4 is 23.5 Å². The van der Waals surface area contributed by atoms with Crippen LogP contribution in [-0.4, -0.2) is 30.5 Å². The van der Waals surface area contributed by atoms with E-state index in [0.717, 1.165) is 37.2 Å². The van der Waals surface area contributed by atoms with Crippen LogP contribution in [0, 0.1) is 0 Å². The van der Waals surface area contributed by atoms with E-state index >= 15 is 0 Å². The van der Waals surface area contributed by atoms with Crippen molar-refractivity contribution in [1.29, 1.82) is 0 Å². The number of methoxy groups -OCH3 is 2. The molecule has 0 spiro atoms. The van der Waals surface area contributed by atoms with Gasteiger partial charge in [0.15, 0.2) is 0 Å². The lowest BCUT2D eigenvalue weighted by Gasteiger charge is -2.20. The predicted molar refractivity (Wildman–Crippen MR) is 70.6 cm³/mol. The van der Waals surface area contributed by atoms with Gasteiger partial charge in [-0.15, -0.1) is 0 Å². The number of nitrogens with zero attached hydrogens (tertiary/aromatic N) is 1.